The Bertz CT molecular complexity index is 836. The SMILES string of the molecule is C[C@@H]1CCc2c(sc(NC(=O)c3cccs3)c2C(=O)N2CCN(C)CC2)C1. The summed E-state index contributed by atoms with van der Waals surface area (Å²) in [6, 6.07) is 3.69. The van der Waals surface area contributed by atoms with Gasteiger partial charge in [0.1, 0.15) is 5.00 Å². The summed E-state index contributed by atoms with van der Waals surface area (Å²) in [7, 11) is 2.09. The quantitative estimate of drug-likeness (QED) is 0.852. The average molecular weight is 404 g/mol. The Kier molecular flexibility index (Phi) is 5.34. The van der Waals surface area contributed by atoms with Crippen LogP contribution in [0.25, 0.3) is 0 Å². The molecular formula is C20H25N3O2S2. The van der Waals surface area contributed by atoms with Crippen LogP contribution in [-0.4, -0.2) is 54.8 Å². The number of nitrogens with one attached hydrogen (secondary N) is 1. The molecule has 27 heavy (non-hydrogen) atoms. The fourth-order valence-corrected chi connectivity index (χ4v) is 5.82. The molecule has 4 rings (SSSR count). The first kappa shape index (κ1) is 18.7. The predicted molar refractivity (Wildman–Crippen MR) is 111 cm³/mol. The Morgan fingerprint density at radius 2 is 2.00 bits per heavy atom. The summed E-state index contributed by atoms with van der Waals surface area (Å²) in [6.45, 7) is 5.54. The van der Waals surface area contributed by atoms with Crippen molar-refractivity contribution in [3.05, 3.63) is 38.4 Å². The highest BCUT2D eigenvalue weighted by Gasteiger charge is 2.31. The molecule has 0 spiro atoms. The van der Waals surface area contributed by atoms with Crippen molar-refractivity contribution in [1.82, 2.24) is 9.80 Å². The minimum absolute atomic E-state index is 0.0802. The van der Waals surface area contributed by atoms with E-state index in [0.717, 1.165) is 56.0 Å². The maximum Gasteiger partial charge on any atom is 0.266 e. The van der Waals surface area contributed by atoms with Crippen molar-refractivity contribution in [2.75, 3.05) is 38.5 Å². The molecule has 0 aromatic carbocycles. The highest BCUT2D eigenvalue weighted by molar-refractivity contribution is 7.17. The predicted octanol–water partition coefficient (Wildman–Crippen LogP) is 3.57. The lowest BCUT2D eigenvalue weighted by Crippen LogP contribution is -2.47. The number of likely N-dealkylation sites (N-methyl/N-ethyl adjacent to an activating group) is 1. The molecule has 1 saturated heterocycles. The van der Waals surface area contributed by atoms with Crippen LogP contribution in [0, 0.1) is 5.92 Å². The number of fused-ring (bicyclic) bond motifs is 1. The first-order chi connectivity index (χ1) is 13.0. The second-order valence-corrected chi connectivity index (χ2v) is 9.64. The van der Waals surface area contributed by atoms with Crippen LogP contribution in [0.3, 0.4) is 0 Å². The van der Waals surface area contributed by atoms with Gasteiger partial charge in [0.25, 0.3) is 11.8 Å². The summed E-state index contributed by atoms with van der Waals surface area (Å²) < 4.78 is 0. The Morgan fingerprint density at radius 1 is 1.22 bits per heavy atom. The second kappa shape index (κ2) is 7.73. The Hall–Kier alpha value is -1.70. The maximum atomic E-state index is 13.4. The molecule has 2 aromatic rings. The number of hydrogen-bond acceptors (Lipinski definition) is 5. The monoisotopic (exact) mass is 403 g/mol. The zero-order valence-electron chi connectivity index (χ0n) is 15.8. The number of carbonyl (C=O) groups excluding carboxylic acids is 2. The van der Waals surface area contributed by atoms with Crippen molar-refractivity contribution in [1.29, 1.82) is 0 Å². The minimum Gasteiger partial charge on any atom is -0.336 e. The van der Waals surface area contributed by atoms with Gasteiger partial charge in [-0.15, -0.1) is 22.7 Å². The summed E-state index contributed by atoms with van der Waals surface area (Å²) in [5.74, 6) is 0.587. The summed E-state index contributed by atoms with van der Waals surface area (Å²) in [5, 5.41) is 5.67. The number of carbonyl (C=O) groups is 2. The first-order valence-electron chi connectivity index (χ1n) is 9.50. The van der Waals surface area contributed by atoms with Crippen LogP contribution >= 0.6 is 22.7 Å². The molecule has 0 saturated carbocycles. The van der Waals surface area contributed by atoms with Crippen LogP contribution < -0.4 is 5.32 Å². The first-order valence-corrected chi connectivity index (χ1v) is 11.2. The van der Waals surface area contributed by atoms with Crippen LogP contribution in [0.5, 0.6) is 0 Å². The highest BCUT2D eigenvalue weighted by atomic mass is 32.1. The van der Waals surface area contributed by atoms with E-state index in [-0.39, 0.29) is 11.8 Å². The smallest absolute Gasteiger partial charge is 0.266 e. The lowest BCUT2D eigenvalue weighted by molar-refractivity contribution is 0.0664. The number of nitrogens with zero attached hydrogens (tertiary/aromatic N) is 2. The van der Waals surface area contributed by atoms with Gasteiger partial charge in [-0.2, -0.15) is 0 Å². The molecule has 1 fully saturated rings. The highest BCUT2D eigenvalue weighted by Crippen LogP contribution is 2.40. The molecule has 0 bridgehead atoms. The van der Waals surface area contributed by atoms with Gasteiger partial charge < -0.3 is 15.1 Å². The number of anilines is 1. The summed E-state index contributed by atoms with van der Waals surface area (Å²) >= 11 is 3.02. The van der Waals surface area contributed by atoms with Crippen LogP contribution in [0.2, 0.25) is 0 Å². The third-order valence-electron chi connectivity index (χ3n) is 5.49. The summed E-state index contributed by atoms with van der Waals surface area (Å²) in [4.78, 5) is 32.1. The Labute approximate surface area is 168 Å². The van der Waals surface area contributed by atoms with E-state index in [0.29, 0.717) is 10.8 Å². The van der Waals surface area contributed by atoms with Gasteiger partial charge >= 0.3 is 0 Å². The maximum absolute atomic E-state index is 13.4. The molecule has 0 unspecified atom stereocenters. The van der Waals surface area contributed by atoms with Gasteiger partial charge in [0.2, 0.25) is 0 Å². The van der Waals surface area contributed by atoms with Gasteiger partial charge in [0.15, 0.2) is 0 Å². The van der Waals surface area contributed by atoms with Crippen LogP contribution in [-0.2, 0) is 12.8 Å². The standard InChI is InChI=1S/C20H25N3O2S2/c1-13-5-6-14-16(12-13)27-19(21-18(24)15-4-3-11-26-15)17(14)20(25)23-9-7-22(2)8-10-23/h3-4,11,13H,5-10,12H2,1-2H3,(H,21,24)/t13-/m1/s1. The normalized spacial score (nSPS) is 20.4. The van der Waals surface area contributed by atoms with Crippen molar-refractivity contribution >= 4 is 39.5 Å². The molecule has 144 valence electrons. The number of hydrogen-bond donors (Lipinski definition) is 1. The molecule has 3 heterocycles. The van der Waals surface area contributed by atoms with E-state index in [4.69, 9.17) is 0 Å². The van der Waals surface area contributed by atoms with E-state index in [1.807, 2.05) is 22.4 Å². The molecule has 5 nitrogen and oxygen atoms in total. The number of thiophene rings is 2. The fourth-order valence-electron chi connectivity index (χ4n) is 3.81. The number of amides is 2. The van der Waals surface area contributed by atoms with Gasteiger partial charge in [-0.3, -0.25) is 9.59 Å². The zero-order valence-corrected chi connectivity index (χ0v) is 17.4. The molecule has 1 aliphatic heterocycles. The van der Waals surface area contributed by atoms with Gasteiger partial charge in [0, 0.05) is 31.1 Å². The van der Waals surface area contributed by atoms with Gasteiger partial charge in [-0.1, -0.05) is 13.0 Å². The molecule has 7 heteroatoms. The topological polar surface area (TPSA) is 52.7 Å². The van der Waals surface area contributed by atoms with Crippen molar-refractivity contribution < 1.29 is 9.59 Å². The van der Waals surface area contributed by atoms with E-state index in [1.165, 1.54) is 21.8 Å². The fraction of sp³-hybridized carbons (Fsp3) is 0.500. The number of piperazine rings is 1. The van der Waals surface area contributed by atoms with Crippen molar-refractivity contribution in [3.8, 4) is 0 Å². The zero-order chi connectivity index (χ0) is 19.0. The average Bonchev–Trinajstić information content (AvgIpc) is 3.29. The Morgan fingerprint density at radius 3 is 2.70 bits per heavy atom. The minimum atomic E-state index is -0.121. The molecule has 2 amide bonds. The van der Waals surface area contributed by atoms with E-state index in [1.54, 1.807) is 11.3 Å². The lowest BCUT2D eigenvalue weighted by Gasteiger charge is -2.33. The van der Waals surface area contributed by atoms with Crippen molar-refractivity contribution in [2.24, 2.45) is 5.92 Å². The molecule has 1 atom stereocenters. The molecular weight excluding hydrogens is 378 g/mol. The van der Waals surface area contributed by atoms with Gasteiger partial charge in [0.05, 0.1) is 10.4 Å². The van der Waals surface area contributed by atoms with Crippen molar-refractivity contribution in [2.45, 2.75) is 26.2 Å². The number of rotatable bonds is 3. The Balaban J connectivity index is 1.65. The third kappa shape index (κ3) is 3.81. The molecule has 0 radical (unpaired) electrons. The second-order valence-electron chi connectivity index (χ2n) is 7.58. The molecule has 2 aromatic heterocycles. The van der Waals surface area contributed by atoms with Gasteiger partial charge in [-0.25, -0.2) is 0 Å². The summed E-state index contributed by atoms with van der Waals surface area (Å²) in [6.07, 6.45) is 3.03. The molecule has 1 N–H and O–H groups in total. The largest absolute Gasteiger partial charge is 0.336 e. The van der Waals surface area contributed by atoms with Crippen LogP contribution in [0.1, 0.15) is 43.8 Å². The molecule has 1 aliphatic carbocycles. The van der Waals surface area contributed by atoms with E-state index < -0.39 is 0 Å². The van der Waals surface area contributed by atoms with Gasteiger partial charge in [-0.05, 0) is 49.2 Å². The third-order valence-corrected chi connectivity index (χ3v) is 7.53. The summed E-state index contributed by atoms with van der Waals surface area (Å²) in [5.41, 5.74) is 1.92. The van der Waals surface area contributed by atoms with Crippen molar-refractivity contribution in [3.63, 3.8) is 0 Å². The molecule has 2 aliphatic rings. The van der Waals surface area contributed by atoms with Crippen LogP contribution in [0.4, 0.5) is 5.00 Å². The van der Waals surface area contributed by atoms with E-state index in [9.17, 15) is 9.59 Å². The van der Waals surface area contributed by atoms with Crippen LogP contribution in [0.15, 0.2) is 17.5 Å². The van der Waals surface area contributed by atoms with E-state index in [2.05, 4.69) is 24.2 Å². The lowest BCUT2D eigenvalue weighted by atomic mass is 9.88. The van der Waals surface area contributed by atoms with E-state index >= 15 is 0 Å².